The third kappa shape index (κ3) is 4.63. The second-order valence-electron chi connectivity index (χ2n) is 9.20. The first kappa shape index (κ1) is 19.9. The van der Waals surface area contributed by atoms with Gasteiger partial charge < -0.3 is 20.3 Å². The molecule has 2 aromatic rings. The lowest BCUT2D eigenvalue weighted by Crippen LogP contribution is -2.40. The minimum Gasteiger partial charge on any atom is -0.444 e. The Balaban J connectivity index is 1.46. The molecule has 2 aromatic heterocycles. The van der Waals surface area contributed by atoms with Gasteiger partial charge in [-0.1, -0.05) is 6.42 Å². The molecule has 2 N–H and O–H groups in total. The van der Waals surface area contributed by atoms with E-state index in [1.165, 1.54) is 12.8 Å². The molecule has 2 fully saturated rings. The van der Waals surface area contributed by atoms with Gasteiger partial charge in [-0.2, -0.15) is 5.10 Å². The summed E-state index contributed by atoms with van der Waals surface area (Å²) in [4.78, 5) is 19.2. The third-order valence-corrected chi connectivity index (χ3v) is 5.50. The van der Waals surface area contributed by atoms with E-state index in [4.69, 9.17) is 14.8 Å². The number of amides is 1. The van der Waals surface area contributed by atoms with Gasteiger partial charge in [0.1, 0.15) is 11.4 Å². The Bertz CT molecular complexity index is 881. The molecule has 2 aliphatic heterocycles. The van der Waals surface area contributed by atoms with Crippen LogP contribution in [0.1, 0.15) is 63.8 Å². The topological polar surface area (TPSA) is 83.8 Å². The Labute approximate surface area is 172 Å². The fraction of sp³-hybridized carbons (Fsp3) is 0.667. The Morgan fingerprint density at radius 3 is 2.86 bits per heavy atom. The molecule has 0 saturated carbocycles. The molecule has 4 rings (SSSR count). The minimum atomic E-state index is -0.488. The normalized spacial score (nSPS) is 22.8. The first-order valence-corrected chi connectivity index (χ1v) is 10.6. The van der Waals surface area contributed by atoms with E-state index in [2.05, 4.69) is 34.7 Å². The second-order valence-corrected chi connectivity index (χ2v) is 9.20. The number of piperidine rings is 1. The van der Waals surface area contributed by atoms with Crippen molar-refractivity contribution in [3.8, 4) is 0 Å². The van der Waals surface area contributed by atoms with Crippen LogP contribution in [0, 0.1) is 6.92 Å². The summed E-state index contributed by atoms with van der Waals surface area (Å²) < 4.78 is 7.27. The van der Waals surface area contributed by atoms with Crippen molar-refractivity contribution in [3.63, 3.8) is 0 Å². The van der Waals surface area contributed by atoms with Crippen molar-refractivity contribution in [2.24, 2.45) is 0 Å². The van der Waals surface area contributed by atoms with E-state index in [-0.39, 0.29) is 12.1 Å². The maximum atomic E-state index is 12.1. The zero-order valence-electron chi connectivity index (χ0n) is 17.9. The SMILES string of the molecule is Cc1cn2nc(C3CCCCN3)cc2nc1N1CC[C@H](NC(=O)OC(C)(C)C)C1. The summed E-state index contributed by atoms with van der Waals surface area (Å²) >= 11 is 0. The number of hydrogen-bond donors (Lipinski definition) is 2. The number of anilines is 1. The van der Waals surface area contributed by atoms with Gasteiger partial charge in [-0.15, -0.1) is 0 Å². The molecule has 4 heterocycles. The third-order valence-electron chi connectivity index (χ3n) is 5.50. The Kier molecular flexibility index (Phi) is 5.38. The van der Waals surface area contributed by atoms with Crippen LogP contribution in [0.25, 0.3) is 5.65 Å². The first-order valence-electron chi connectivity index (χ1n) is 10.6. The highest BCUT2D eigenvalue weighted by Crippen LogP contribution is 2.26. The molecule has 0 aliphatic carbocycles. The molecular formula is C21H32N6O2. The van der Waals surface area contributed by atoms with Crippen LogP contribution in [0.2, 0.25) is 0 Å². The lowest BCUT2D eigenvalue weighted by Gasteiger charge is -2.22. The van der Waals surface area contributed by atoms with E-state index < -0.39 is 5.60 Å². The second kappa shape index (κ2) is 7.82. The van der Waals surface area contributed by atoms with Crippen LogP contribution in [0.3, 0.4) is 0 Å². The van der Waals surface area contributed by atoms with Crippen molar-refractivity contribution in [1.29, 1.82) is 0 Å². The zero-order valence-corrected chi connectivity index (χ0v) is 17.9. The van der Waals surface area contributed by atoms with Gasteiger partial charge in [-0.3, -0.25) is 0 Å². The van der Waals surface area contributed by atoms with E-state index >= 15 is 0 Å². The van der Waals surface area contributed by atoms with Gasteiger partial charge in [-0.05, 0) is 53.5 Å². The van der Waals surface area contributed by atoms with Crippen molar-refractivity contribution in [1.82, 2.24) is 25.2 Å². The molecule has 158 valence electrons. The van der Waals surface area contributed by atoms with Crippen molar-refractivity contribution in [2.45, 2.75) is 71.1 Å². The van der Waals surface area contributed by atoms with Crippen molar-refractivity contribution in [3.05, 3.63) is 23.5 Å². The van der Waals surface area contributed by atoms with Crippen LogP contribution < -0.4 is 15.5 Å². The summed E-state index contributed by atoms with van der Waals surface area (Å²) in [5.74, 6) is 0.967. The summed E-state index contributed by atoms with van der Waals surface area (Å²) in [7, 11) is 0. The predicted octanol–water partition coefficient (Wildman–Crippen LogP) is 2.96. The highest BCUT2D eigenvalue weighted by molar-refractivity contribution is 5.68. The van der Waals surface area contributed by atoms with Crippen LogP contribution in [0.4, 0.5) is 10.6 Å². The summed E-state index contributed by atoms with van der Waals surface area (Å²) in [6.45, 7) is 10.3. The van der Waals surface area contributed by atoms with Gasteiger partial charge in [0.2, 0.25) is 0 Å². The number of nitrogens with one attached hydrogen (secondary N) is 2. The van der Waals surface area contributed by atoms with Crippen LogP contribution in [0.5, 0.6) is 0 Å². The fourth-order valence-corrected chi connectivity index (χ4v) is 4.16. The number of carbonyl (C=O) groups excluding carboxylic acids is 1. The van der Waals surface area contributed by atoms with E-state index in [1.807, 2.05) is 25.3 Å². The molecule has 1 amide bonds. The monoisotopic (exact) mass is 400 g/mol. The van der Waals surface area contributed by atoms with Crippen molar-refractivity contribution >= 4 is 17.6 Å². The van der Waals surface area contributed by atoms with Gasteiger partial charge in [0, 0.05) is 30.9 Å². The standard InChI is InChI=1S/C21H32N6O2/c1-14-12-27-18(11-17(25-27)16-7-5-6-9-22-16)24-19(14)26-10-8-15(13-26)23-20(28)29-21(2,3)4/h11-12,15-16,22H,5-10,13H2,1-4H3,(H,23,28)/t15-,16?/m0/s1. The molecule has 8 heteroatoms. The molecule has 0 radical (unpaired) electrons. The summed E-state index contributed by atoms with van der Waals surface area (Å²) in [5.41, 5.74) is 2.54. The number of hydrogen-bond acceptors (Lipinski definition) is 6. The number of aryl methyl sites for hydroxylation is 1. The van der Waals surface area contributed by atoms with E-state index in [1.54, 1.807) is 0 Å². The van der Waals surface area contributed by atoms with E-state index in [0.29, 0.717) is 6.04 Å². The maximum Gasteiger partial charge on any atom is 0.407 e. The van der Waals surface area contributed by atoms with Crippen LogP contribution in [-0.4, -0.2) is 52.0 Å². The summed E-state index contributed by atoms with van der Waals surface area (Å²) in [6, 6.07) is 2.48. The smallest absolute Gasteiger partial charge is 0.407 e. The molecule has 2 aliphatic rings. The lowest BCUT2D eigenvalue weighted by atomic mass is 10.0. The quantitative estimate of drug-likeness (QED) is 0.824. The maximum absolute atomic E-state index is 12.1. The Morgan fingerprint density at radius 1 is 1.31 bits per heavy atom. The molecule has 2 saturated heterocycles. The summed E-state index contributed by atoms with van der Waals surface area (Å²) in [6.07, 6.45) is 6.17. The molecular weight excluding hydrogens is 368 g/mol. The highest BCUT2D eigenvalue weighted by atomic mass is 16.6. The largest absolute Gasteiger partial charge is 0.444 e. The molecule has 29 heavy (non-hydrogen) atoms. The molecule has 8 nitrogen and oxygen atoms in total. The number of alkyl carbamates (subject to hydrolysis) is 1. The average Bonchev–Trinajstić information content (AvgIpc) is 3.26. The summed E-state index contributed by atoms with van der Waals surface area (Å²) in [5, 5.41) is 11.3. The minimum absolute atomic E-state index is 0.0641. The number of aromatic nitrogens is 3. The zero-order chi connectivity index (χ0) is 20.6. The van der Waals surface area contributed by atoms with E-state index in [9.17, 15) is 4.79 Å². The van der Waals surface area contributed by atoms with Crippen LogP contribution in [-0.2, 0) is 4.74 Å². The molecule has 0 bridgehead atoms. The van der Waals surface area contributed by atoms with E-state index in [0.717, 1.165) is 55.2 Å². The van der Waals surface area contributed by atoms with Gasteiger partial charge in [0.25, 0.3) is 0 Å². The highest BCUT2D eigenvalue weighted by Gasteiger charge is 2.28. The fourth-order valence-electron chi connectivity index (χ4n) is 4.16. The predicted molar refractivity (Wildman–Crippen MR) is 112 cm³/mol. The van der Waals surface area contributed by atoms with Gasteiger partial charge >= 0.3 is 6.09 Å². The van der Waals surface area contributed by atoms with Crippen LogP contribution in [0.15, 0.2) is 12.3 Å². The number of ether oxygens (including phenoxy) is 1. The molecule has 2 atom stereocenters. The van der Waals surface area contributed by atoms with Crippen molar-refractivity contribution < 1.29 is 9.53 Å². The van der Waals surface area contributed by atoms with Gasteiger partial charge in [0.15, 0.2) is 5.65 Å². The Hall–Kier alpha value is -2.35. The number of carbonyl (C=O) groups is 1. The lowest BCUT2D eigenvalue weighted by molar-refractivity contribution is 0.0509. The van der Waals surface area contributed by atoms with Gasteiger partial charge in [0.05, 0.1) is 17.8 Å². The Morgan fingerprint density at radius 2 is 2.14 bits per heavy atom. The van der Waals surface area contributed by atoms with Gasteiger partial charge in [-0.25, -0.2) is 14.3 Å². The molecule has 0 aromatic carbocycles. The van der Waals surface area contributed by atoms with Crippen LogP contribution >= 0.6 is 0 Å². The number of fused-ring (bicyclic) bond motifs is 1. The molecule has 1 unspecified atom stereocenters. The molecule has 0 spiro atoms. The first-order chi connectivity index (χ1) is 13.8. The average molecular weight is 401 g/mol. The number of rotatable bonds is 3. The number of nitrogens with zero attached hydrogens (tertiary/aromatic N) is 4. The van der Waals surface area contributed by atoms with Crippen molar-refractivity contribution in [2.75, 3.05) is 24.5 Å².